The molecule has 5 heterocycles. The van der Waals surface area contributed by atoms with E-state index in [1.165, 1.54) is 0 Å². The highest BCUT2D eigenvalue weighted by atomic mass is 16.3. The van der Waals surface area contributed by atoms with Crippen LogP contribution in [0, 0.1) is 0 Å². The van der Waals surface area contributed by atoms with Crippen molar-refractivity contribution >= 4 is 87.4 Å². The Bertz CT molecular complexity index is 4380. The molecule has 7 nitrogen and oxygen atoms in total. The molecule has 0 aliphatic rings. The number of nitrogens with zero attached hydrogens (tertiary/aromatic N) is 6. The second-order valence-electron chi connectivity index (χ2n) is 17.9. The second kappa shape index (κ2) is 15.0. The van der Waals surface area contributed by atoms with Gasteiger partial charge in [0.15, 0.2) is 23.1 Å². The van der Waals surface area contributed by atoms with Crippen LogP contribution in [0.5, 0.6) is 0 Å². The van der Waals surface area contributed by atoms with Crippen LogP contribution in [0.25, 0.3) is 139 Å². The molecular weight excluding hydrogens is 857 g/mol. The lowest BCUT2D eigenvalue weighted by molar-refractivity contribution is 0.666. The standard InChI is InChI=1S/C63H38N6O/c1-3-21-39(22-4-1)61-64-62(40-23-5-2-6-24-40)66-63(65-61)56-55-47-31-13-20-38-54(47)70-60(55)59(69-52-36-18-11-29-45(52)46-30-12-19-37-53(46)69)58(68-50-34-16-9-27-43(50)44-28-10-17-35-51(44)68)57(56)67-48-32-14-7-25-41(48)42-26-8-15-33-49(42)67/h1-38H. The van der Waals surface area contributed by atoms with Crippen molar-refractivity contribution in [1.29, 1.82) is 0 Å². The van der Waals surface area contributed by atoms with Gasteiger partial charge in [-0.3, -0.25) is 0 Å². The summed E-state index contributed by atoms with van der Waals surface area (Å²) >= 11 is 0. The normalized spacial score (nSPS) is 12.0. The first-order valence-corrected chi connectivity index (χ1v) is 23.6. The molecule has 0 amide bonds. The zero-order chi connectivity index (χ0) is 45.9. The molecule has 0 N–H and O–H groups in total. The van der Waals surface area contributed by atoms with Gasteiger partial charge in [-0.15, -0.1) is 0 Å². The lowest BCUT2D eigenvalue weighted by atomic mass is 9.98. The van der Waals surface area contributed by atoms with Crippen LogP contribution in [0.1, 0.15) is 0 Å². The van der Waals surface area contributed by atoms with Crippen LogP contribution in [0.3, 0.4) is 0 Å². The molecule has 15 rings (SSSR count). The minimum absolute atomic E-state index is 0.525. The van der Waals surface area contributed by atoms with Gasteiger partial charge in [0.1, 0.15) is 11.3 Å². The summed E-state index contributed by atoms with van der Waals surface area (Å²) in [6, 6.07) is 81.3. The summed E-state index contributed by atoms with van der Waals surface area (Å²) in [6.07, 6.45) is 0. The molecule has 0 bridgehead atoms. The summed E-state index contributed by atoms with van der Waals surface area (Å²) in [5.74, 6) is 1.67. The molecule has 0 unspecified atom stereocenters. The maximum atomic E-state index is 7.49. The van der Waals surface area contributed by atoms with Gasteiger partial charge in [0, 0.05) is 54.2 Å². The number of aromatic nitrogens is 6. The fourth-order valence-corrected chi connectivity index (χ4v) is 11.2. The summed E-state index contributed by atoms with van der Waals surface area (Å²) in [5.41, 5.74) is 13.1. The lowest BCUT2D eigenvalue weighted by Gasteiger charge is -2.25. The highest BCUT2D eigenvalue weighted by molar-refractivity contribution is 6.23. The van der Waals surface area contributed by atoms with E-state index in [1.54, 1.807) is 0 Å². The Morgan fingerprint density at radius 1 is 0.271 bits per heavy atom. The number of rotatable bonds is 6. The van der Waals surface area contributed by atoms with Crippen LogP contribution in [0.4, 0.5) is 0 Å². The second-order valence-corrected chi connectivity index (χ2v) is 17.9. The number of hydrogen-bond acceptors (Lipinski definition) is 4. The Kier molecular flexibility index (Phi) is 8.23. The molecule has 0 saturated heterocycles. The van der Waals surface area contributed by atoms with Gasteiger partial charge in [0.05, 0.1) is 50.0 Å². The molecular formula is C63H38N6O. The SMILES string of the molecule is c1ccc(-c2nc(-c3ccccc3)nc(-c3c(-n4c5ccccc5c5ccccc54)c(-n4c5ccccc5c5ccccc54)c(-n4c5ccccc5c5ccccc54)c4oc5ccccc5c34)n2)cc1. The summed E-state index contributed by atoms with van der Waals surface area (Å²) in [7, 11) is 0. The third-order valence-corrected chi connectivity index (χ3v) is 14.1. The summed E-state index contributed by atoms with van der Waals surface area (Å²) in [4.78, 5) is 16.5. The van der Waals surface area contributed by atoms with Crippen molar-refractivity contribution in [2.75, 3.05) is 0 Å². The van der Waals surface area contributed by atoms with E-state index in [0.717, 1.165) is 116 Å². The smallest absolute Gasteiger partial charge is 0.167 e. The van der Waals surface area contributed by atoms with Gasteiger partial charge in [0.2, 0.25) is 0 Å². The summed E-state index contributed by atoms with van der Waals surface area (Å²) in [5, 5.41) is 8.71. The predicted molar refractivity (Wildman–Crippen MR) is 286 cm³/mol. The average Bonchev–Trinajstić information content (AvgIpc) is 4.17. The largest absolute Gasteiger partial charge is 0.454 e. The molecule has 70 heavy (non-hydrogen) atoms. The van der Waals surface area contributed by atoms with E-state index >= 15 is 0 Å². The van der Waals surface area contributed by atoms with E-state index < -0.39 is 0 Å². The highest BCUT2D eigenvalue weighted by Gasteiger charge is 2.34. The molecule has 0 aliphatic carbocycles. The Morgan fingerprint density at radius 2 is 0.586 bits per heavy atom. The van der Waals surface area contributed by atoms with E-state index in [-0.39, 0.29) is 0 Å². The Labute approximate surface area is 400 Å². The molecule has 0 aliphatic heterocycles. The Morgan fingerprint density at radius 3 is 1.00 bits per heavy atom. The number of hydrogen-bond donors (Lipinski definition) is 0. The first-order valence-electron chi connectivity index (χ1n) is 23.6. The molecule has 0 radical (unpaired) electrons. The van der Waals surface area contributed by atoms with Gasteiger partial charge in [-0.05, 0) is 42.5 Å². The van der Waals surface area contributed by atoms with Crippen molar-refractivity contribution in [1.82, 2.24) is 28.7 Å². The molecule has 7 heteroatoms. The zero-order valence-corrected chi connectivity index (χ0v) is 37.5. The zero-order valence-electron chi connectivity index (χ0n) is 37.5. The molecule has 0 saturated carbocycles. The highest BCUT2D eigenvalue weighted by Crippen LogP contribution is 2.52. The molecule has 5 aromatic heterocycles. The molecule has 10 aromatic carbocycles. The summed E-state index contributed by atoms with van der Waals surface area (Å²) < 4.78 is 14.9. The van der Waals surface area contributed by atoms with Crippen molar-refractivity contribution in [3.63, 3.8) is 0 Å². The van der Waals surface area contributed by atoms with E-state index in [4.69, 9.17) is 19.4 Å². The third-order valence-electron chi connectivity index (χ3n) is 14.1. The number of para-hydroxylation sites is 7. The lowest BCUT2D eigenvalue weighted by Crippen LogP contribution is -2.13. The predicted octanol–water partition coefficient (Wildman–Crippen LogP) is 16.1. The maximum absolute atomic E-state index is 7.49. The van der Waals surface area contributed by atoms with Crippen LogP contribution in [-0.2, 0) is 0 Å². The van der Waals surface area contributed by atoms with Crippen LogP contribution < -0.4 is 0 Å². The minimum atomic E-state index is 0.525. The molecule has 0 fully saturated rings. The monoisotopic (exact) mass is 894 g/mol. The number of benzene rings is 10. The maximum Gasteiger partial charge on any atom is 0.167 e. The Hall–Kier alpha value is -9.59. The first kappa shape index (κ1) is 38.5. The fourth-order valence-electron chi connectivity index (χ4n) is 11.2. The minimum Gasteiger partial charge on any atom is -0.454 e. The van der Waals surface area contributed by atoms with E-state index in [9.17, 15) is 0 Å². The van der Waals surface area contributed by atoms with Crippen molar-refractivity contribution in [3.05, 3.63) is 231 Å². The van der Waals surface area contributed by atoms with Crippen molar-refractivity contribution in [3.8, 4) is 51.2 Å². The van der Waals surface area contributed by atoms with Gasteiger partial charge >= 0.3 is 0 Å². The number of furan rings is 1. The van der Waals surface area contributed by atoms with Gasteiger partial charge < -0.3 is 18.1 Å². The molecule has 15 aromatic rings. The van der Waals surface area contributed by atoms with Crippen molar-refractivity contribution < 1.29 is 4.42 Å². The van der Waals surface area contributed by atoms with E-state index in [1.807, 2.05) is 36.4 Å². The quantitative estimate of drug-likeness (QED) is 0.167. The van der Waals surface area contributed by atoms with Crippen molar-refractivity contribution in [2.45, 2.75) is 0 Å². The fraction of sp³-hybridized carbons (Fsp3) is 0. The average molecular weight is 895 g/mol. The van der Waals surface area contributed by atoms with Crippen LogP contribution in [-0.4, -0.2) is 28.7 Å². The summed E-state index contributed by atoms with van der Waals surface area (Å²) in [6.45, 7) is 0. The topological polar surface area (TPSA) is 66.6 Å². The van der Waals surface area contributed by atoms with Gasteiger partial charge in [-0.2, -0.15) is 0 Å². The molecule has 0 atom stereocenters. The first-order chi connectivity index (χ1) is 34.8. The van der Waals surface area contributed by atoms with Gasteiger partial charge in [0.25, 0.3) is 0 Å². The van der Waals surface area contributed by atoms with E-state index in [0.29, 0.717) is 23.1 Å². The van der Waals surface area contributed by atoms with E-state index in [2.05, 4.69) is 208 Å². The van der Waals surface area contributed by atoms with Crippen LogP contribution >= 0.6 is 0 Å². The van der Waals surface area contributed by atoms with Crippen molar-refractivity contribution in [2.24, 2.45) is 0 Å². The van der Waals surface area contributed by atoms with Crippen LogP contribution in [0.15, 0.2) is 235 Å². The number of fused-ring (bicyclic) bond motifs is 12. The molecule has 0 spiro atoms. The molecule has 326 valence electrons. The van der Waals surface area contributed by atoms with Crippen LogP contribution in [0.2, 0.25) is 0 Å². The van der Waals surface area contributed by atoms with Gasteiger partial charge in [-0.25, -0.2) is 15.0 Å². The Balaban J connectivity index is 1.28. The van der Waals surface area contributed by atoms with Gasteiger partial charge in [-0.1, -0.05) is 188 Å². The third kappa shape index (κ3) is 5.48.